The summed E-state index contributed by atoms with van der Waals surface area (Å²) in [5, 5.41) is 7.14. The molecular weight excluding hydrogens is 336 g/mol. The zero-order valence-corrected chi connectivity index (χ0v) is 14.9. The summed E-state index contributed by atoms with van der Waals surface area (Å²) in [4.78, 5) is 19.0. The van der Waals surface area contributed by atoms with Crippen LogP contribution in [0.25, 0.3) is 0 Å². The van der Waals surface area contributed by atoms with Crippen LogP contribution in [0, 0.1) is 0 Å². The monoisotopic (exact) mass is 358 g/mol. The average Bonchev–Trinajstić information content (AvgIpc) is 3.27. The van der Waals surface area contributed by atoms with E-state index >= 15 is 0 Å². The fourth-order valence-electron chi connectivity index (χ4n) is 3.23. The lowest BCUT2D eigenvalue weighted by Gasteiger charge is -2.22. The minimum atomic E-state index is -0.394. The Morgan fingerprint density at radius 1 is 1.31 bits per heavy atom. The minimum absolute atomic E-state index is 0.0291. The number of hydrogen-bond acceptors (Lipinski definition) is 7. The first-order valence-corrected chi connectivity index (χ1v) is 8.86. The number of amides is 1. The Labute approximate surface area is 151 Å². The Kier molecular flexibility index (Phi) is 4.50. The van der Waals surface area contributed by atoms with E-state index in [1.54, 1.807) is 4.90 Å². The molecule has 1 amide bonds. The summed E-state index contributed by atoms with van der Waals surface area (Å²) in [6.45, 7) is 3.71. The summed E-state index contributed by atoms with van der Waals surface area (Å²) in [7, 11) is 1.89. The zero-order valence-electron chi connectivity index (χ0n) is 14.9. The summed E-state index contributed by atoms with van der Waals surface area (Å²) in [5.41, 5.74) is 0.797. The van der Waals surface area contributed by atoms with Crippen LogP contribution in [0.2, 0.25) is 0 Å². The molecule has 1 fully saturated rings. The van der Waals surface area contributed by atoms with Crippen molar-refractivity contribution in [2.24, 2.45) is 0 Å². The van der Waals surface area contributed by atoms with Gasteiger partial charge in [-0.1, -0.05) is 5.16 Å². The van der Waals surface area contributed by atoms with Crippen LogP contribution in [0.3, 0.4) is 0 Å². The molecular formula is C18H22N4O4. The molecule has 8 heteroatoms. The zero-order chi connectivity index (χ0) is 18.1. The molecule has 2 aromatic rings. The predicted molar refractivity (Wildman–Crippen MR) is 93.7 cm³/mol. The molecule has 4 rings (SSSR count). The van der Waals surface area contributed by atoms with E-state index in [9.17, 15) is 4.79 Å². The van der Waals surface area contributed by atoms with Gasteiger partial charge >= 0.3 is 0 Å². The molecule has 2 atom stereocenters. The van der Waals surface area contributed by atoms with Gasteiger partial charge in [0.05, 0.1) is 0 Å². The number of rotatable bonds is 5. The summed E-state index contributed by atoms with van der Waals surface area (Å²) >= 11 is 0. The number of hydrogen-bond donors (Lipinski definition) is 1. The van der Waals surface area contributed by atoms with Crippen LogP contribution in [-0.4, -0.2) is 48.9 Å². The molecule has 0 radical (unpaired) electrons. The van der Waals surface area contributed by atoms with Gasteiger partial charge < -0.3 is 24.2 Å². The molecule has 26 heavy (non-hydrogen) atoms. The van der Waals surface area contributed by atoms with Crippen LogP contribution in [0.5, 0.6) is 11.5 Å². The van der Waals surface area contributed by atoms with Crippen molar-refractivity contribution >= 4 is 11.6 Å². The molecule has 0 spiro atoms. The number of anilines is 1. The SMILES string of the molecule is CNC(C)Cc1noc(C2CCN(c3ccc4c(c3)OCCO4)C2=O)n1. The number of aromatic nitrogens is 2. The van der Waals surface area contributed by atoms with Crippen molar-refractivity contribution in [3.8, 4) is 11.5 Å². The van der Waals surface area contributed by atoms with E-state index < -0.39 is 5.92 Å². The van der Waals surface area contributed by atoms with Crippen molar-refractivity contribution in [2.45, 2.75) is 31.7 Å². The number of carbonyl (C=O) groups excluding carboxylic acids is 1. The number of carbonyl (C=O) groups is 1. The largest absolute Gasteiger partial charge is 0.486 e. The fourth-order valence-corrected chi connectivity index (χ4v) is 3.23. The number of likely N-dealkylation sites (N-methyl/N-ethyl adjacent to an activating group) is 1. The highest BCUT2D eigenvalue weighted by molar-refractivity contribution is 6.00. The molecule has 138 valence electrons. The predicted octanol–water partition coefficient (Wildman–Crippen LogP) is 1.51. The Balaban J connectivity index is 1.50. The van der Waals surface area contributed by atoms with E-state index in [1.165, 1.54) is 0 Å². The summed E-state index contributed by atoms with van der Waals surface area (Å²) in [5.74, 6) is 1.98. The van der Waals surface area contributed by atoms with E-state index in [4.69, 9.17) is 14.0 Å². The summed E-state index contributed by atoms with van der Waals surface area (Å²) in [6.07, 6.45) is 1.31. The molecule has 8 nitrogen and oxygen atoms in total. The molecule has 0 bridgehead atoms. The van der Waals surface area contributed by atoms with E-state index in [0.29, 0.717) is 55.8 Å². The molecule has 0 saturated carbocycles. The second-order valence-corrected chi connectivity index (χ2v) is 6.60. The lowest BCUT2D eigenvalue weighted by atomic mass is 10.1. The maximum atomic E-state index is 12.9. The summed E-state index contributed by atoms with van der Waals surface area (Å²) in [6, 6.07) is 5.81. The van der Waals surface area contributed by atoms with Gasteiger partial charge in [0.2, 0.25) is 11.8 Å². The van der Waals surface area contributed by atoms with Crippen molar-refractivity contribution < 1.29 is 18.8 Å². The Morgan fingerprint density at radius 2 is 2.12 bits per heavy atom. The Bertz CT molecular complexity index is 806. The number of fused-ring (bicyclic) bond motifs is 1. The third-order valence-electron chi connectivity index (χ3n) is 4.81. The van der Waals surface area contributed by atoms with Crippen LogP contribution in [0.1, 0.15) is 31.0 Å². The maximum Gasteiger partial charge on any atom is 0.239 e. The highest BCUT2D eigenvalue weighted by Gasteiger charge is 2.38. The Hall–Kier alpha value is -2.61. The van der Waals surface area contributed by atoms with Gasteiger partial charge in [-0.05, 0) is 32.5 Å². The van der Waals surface area contributed by atoms with E-state index in [0.717, 1.165) is 5.69 Å². The fraction of sp³-hybridized carbons (Fsp3) is 0.500. The van der Waals surface area contributed by atoms with Gasteiger partial charge in [-0.25, -0.2) is 0 Å². The Morgan fingerprint density at radius 3 is 2.92 bits per heavy atom. The molecule has 3 heterocycles. The topological polar surface area (TPSA) is 89.7 Å². The number of nitrogens with zero attached hydrogens (tertiary/aromatic N) is 3. The minimum Gasteiger partial charge on any atom is -0.486 e. The van der Waals surface area contributed by atoms with Gasteiger partial charge in [0.1, 0.15) is 19.1 Å². The van der Waals surface area contributed by atoms with Gasteiger partial charge in [0.15, 0.2) is 17.3 Å². The lowest BCUT2D eigenvalue weighted by molar-refractivity contribution is -0.118. The first-order valence-electron chi connectivity index (χ1n) is 8.86. The highest BCUT2D eigenvalue weighted by Crippen LogP contribution is 2.37. The molecule has 2 aliphatic heterocycles. The third-order valence-corrected chi connectivity index (χ3v) is 4.81. The molecule has 1 aromatic carbocycles. The number of benzene rings is 1. The van der Waals surface area contributed by atoms with Gasteiger partial charge in [-0.15, -0.1) is 0 Å². The molecule has 2 unspecified atom stereocenters. The smallest absolute Gasteiger partial charge is 0.239 e. The average molecular weight is 358 g/mol. The second kappa shape index (κ2) is 6.95. The van der Waals surface area contributed by atoms with Crippen LogP contribution in [0.15, 0.2) is 22.7 Å². The van der Waals surface area contributed by atoms with Crippen molar-refractivity contribution in [3.05, 3.63) is 29.9 Å². The number of ether oxygens (including phenoxy) is 2. The van der Waals surface area contributed by atoms with Crippen molar-refractivity contribution in [1.82, 2.24) is 15.5 Å². The molecule has 1 aromatic heterocycles. The van der Waals surface area contributed by atoms with Gasteiger partial charge in [-0.2, -0.15) is 4.98 Å². The van der Waals surface area contributed by atoms with Gasteiger partial charge in [0.25, 0.3) is 0 Å². The highest BCUT2D eigenvalue weighted by atomic mass is 16.6. The van der Waals surface area contributed by atoms with Crippen molar-refractivity contribution in [3.63, 3.8) is 0 Å². The van der Waals surface area contributed by atoms with E-state index in [-0.39, 0.29) is 11.9 Å². The third kappa shape index (κ3) is 3.12. The van der Waals surface area contributed by atoms with E-state index in [2.05, 4.69) is 15.5 Å². The van der Waals surface area contributed by atoms with Gasteiger partial charge in [-0.3, -0.25) is 4.79 Å². The van der Waals surface area contributed by atoms with E-state index in [1.807, 2.05) is 32.2 Å². The van der Waals surface area contributed by atoms with Crippen LogP contribution in [0.4, 0.5) is 5.69 Å². The van der Waals surface area contributed by atoms with Crippen LogP contribution in [-0.2, 0) is 11.2 Å². The summed E-state index contributed by atoms with van der Waals surface area (Å²) < 4.78 is 16.5. The van der Waals surface area contributed by atoms with Gasteiger partial charge in [0, 0.05) is 30.8 Å². The van der Waals surface area contributed by atoms with Crippen LogP contribution < -0.4 is 19.7 Å². The first-order chi connectivity index (χ1) is 12.7. The maximum absolute atomic E-state index is 12.9. The standard InChI is InChI=1S/C18H22N4O4/c1-11(19-2)9-16-20-17(26-21-16)13-5-6-22(18(13)23)12-3-4-14-15(10-12)25-8-7-24-14/h3-4,10-11,13,19H,5-9H2,1-2H3. The first kappa shape index (κ1) is 16.8. The number of nitrogens with one attached hydrogen (secondary N) is 1. The molecule has 0 aliphatic carbocycles. The second-order valence-electron chi connectivity index (χ2n) is 6.60. The van der Waals surface area contributed by atoms with Crippen LogP contribution >= 0.6 is 0 Å². The van der Waals surface area contributed by atoms with Crippen molar-refractivity contribution in [2.75, 3.05) is 31.7 Å². The normalized spacial score (nSPS) is 20.5. The quantitative estimate of drug-likeness (QED) is 0.866. The molecule has 2 aliphatic rings. The molecule has 1 saturated heterocycles. The molecule has 1 N–H and O–H groups in total. The van der Waals surface area contributed by atoms with Crippen molar-refractivity contribution in [1.29, 1.82) is 0 Å². The lowest BCUT2D eigenvalue weighted by Crippen LogP contribution is -2.27.